The van der Waals surface area contributed by atoms with Crippen LogP contribution in [0.4, 0.5) is 4.39 Å². The zero-order valence-electron chi connectivity index (χ0n) is 13.5. The average Bonchev–Trinajstić information content (AvgIpc) is 3.11. The average molecular weight is 341 g/mol. The largest absolute Gasteiger partial charge is 0.299 e. The summed E-state index contributed by atoms with van der Waals surface area (Å²) in [5, 5.41) is 4.43. The summed E-state index contributed by atoms with van der Waals surface area (Å²) in [6.45, 7) is 4.27. The molecule has 23 heavy (non-hydrogen) atoms. The number of hydrogen-bond donors (Lipinski definition) is 0. The van der Waals surface area contributed by atoms with E-state index in [0.717, 1.165) is 31.6 Å². The molecule has 2 aliphatic rings. The molecular weight excluding hydrogens is 317 g/mol. The minimum Gasteiger partial charge on any atom is -0.299 e. The van der Waals surface area contributed by atoms with Crippen molar-refractivity contribution < 1.29 is 12.8 Å². The molecule has 1 saturated heterocycles. The van der Waals surface area contributed by atoms with E-state index in [1.807, 2.05) is 24.0 Å². The van der Waals surface area contributed by atoms with E-state index < -0.39 is 15.4 Å². The Morgan fingerprint density at radius 1 is 1.43 bits per heavy atom. The van der Waals surface area contributed by atoms with Crippen LogP contribution in [-0.2, 0) is 15.4 Å². The van der Waals surface area contributed by atoms with Crippen LogP contribution in [-0.4, -0.2) is 60.9 Å². The minimum atomic E-state index is -2.95. The molecule has 0 bridgehead atoms. The second kappa shape index (κ2) is 6.36. The molecule has 5 nitrogen and oxygen atoms in total. The molecule has 0 unspecified atom stereocenters. The number of sulfone groups is 1. The summed E-state index contributed by atoms with van der Waals surface area (Å²) < 4.78 is 37.6. The number of rotatable bonds is 5. The molecule has 0 saturated carbocycles. The standard InChI is InChI=1S/C16H24FN3O2S/c1-16(5-10-23(21,22)13-16)20-12-15(11-18-20)14-3-8-19(9-4-14)7-2-6-17/h3,11-12H,2,4-10,13H2,1H3/t16-/m0/s1. The summed E-state index contributed by atoms with van der Waals surface area (Å²) in [5.41, 5.74) is 1.89. The SMILES string of the molecule is C[C@]1(n2cc(C3=CCN(CCCF)CC3)cn2)CCS(=O)(=O)C1. The van der Waals surface area contributed by atoms with Gasteiger partial charge in [-0.1, -0.05) is 6.08 Å². The summed E-state index contributed by atoms with van der Waals surface area (Å²) in [7, 11) is -2.95. The molecule has 1 fully saturated rings. The van der Waals surface area contributed by atoms with Gasteiger partial charge in [-0.3, -0.25) is 14.0 Å². The second-order valence-electron chi connectivity index (χ2n) is 6.84. The highest BCUT2D eigenvalue weighted by Gasteiger charge is 2.40. The van der Waals surface area contributed by atoms with Crippen molar-refractivity contribution in [1.29, 1.82) is 0 Å². The number of alkyl halides is 1. The minimum absolute atomic E-state index is 0.164. The van der Waals surface area contributed by atoms with Crippen LogP contribution in [0.25, 0.3) is 5.57 Å². The van der Waals surface area contributed by atoms with Crippen LogP contribution in [0.3, 0.4) is 0 Å². The van der Waals surface area contributed by atoms with Gasteiger partial charge < -0.3 is 0 Å². The molecule has 1 aromatic rings. The lowest BCUT2D eigenvalue weighted by molar-refractivity contribution is 0.282. The number of aromatic nitrogens is 2. The zero-order valence-corrected chi connectivity index (χ0v) is 14.4. The smallest absolute Gasteiger partial charge is 0.152 e. The highest BCUT2D eigenvalue weighted by Crippen LogP contribution is 2.31. The first-order chi connectivity index (χ1) is 10.9. The molecule has 0 N–H and O–H groups in total. The van der Waals surface area contributed by atoms with Crippen molar-refractivity contribution in [2.45, 2.75) is 31.7 Å². The van der Waals surface area contributed by atoms with Crippen LogP contribution in [0.2, 0.25) is 0 Å². The molecule has 2 aliphatic heterocycles. The Morgan fingerprint density at radius 3 is 2.87 bits per heavy atom. The fourth-order valence-electron chi connectivity index (χ4n) is 3.42. The van der Waals surface area contributed by atoms with Crippen molar-refractivity contribution in [3.8, 4) is 0 Å². The Bertz CT molecular complexity index is 698. The van der Waals surface area contributed by atoms with E-state index in [9.17, 15) is 12.8 Å². The van der Waals surface area contributed by atoms with Gasteiger partial charge in [-0.2, -0.15) is 5.10 Å². The van der Waals surface area contributed by atoms with Crippen molar-refractivity contribution in [3.63, 3.8) is 0 Å². The van der Waals surface area contributed by atoms with E-state index in [2.05, 4.69) is 16.1 Å². The Morgan fingerprint density at radius 2 is 2.26 bits per heavy atom. The predicted molar refractivity (Wildman–Crippen MR) is 88.8 cm³/mol. The molecule has 128 valence electrons. The normalized spacial score (nSPS) is 28.0. The quantitative estimate of drug-likeness (QED) is 0.820. The maximum atomic E-state index is 12.2. The van der Waals surface area contributed by atoms with Crippen LogP contribution in [0, 0.1) is 0 Å². The molecule has 1 atom stereocenters. The topological polar surface area (TPSA) is 55.2 Å². The number of hydrogen-bond acceptors (Lipinski definition) is 4. The van der Waals surface area contributed by atoms with Gasteiger partial charge in [0.05, 0.1) is 29.9 Å². The second-order valence-corrected chi connectivity index (χ2v) is 9.02. The molecular formula is C16H24FN3O2S. The van der Waals surface area contributed by atoms with Crippen LogP contribution in [0.1, 0.15) is 31.7 Å². The van der Waals surface area contributed by atoms with Gasteiger partial charge in [-0.05, 0) is 31.8 Å². The summed E-state index contributed by atoms with van der Waals surface area (Å²) >= 11 is 0. The fraction of sp³-hybridized carbons (Fsp3) is 0.688. The van der Waals surface area contributed by atoms with E-state index in [1.54, 1.807) is 0 Å². The van der Waals surface area contributed by atoms with Crippen molar-refractivity contribution in [3.05, 3.63) is 24.0 Å². The first kappa shape index (κ1) is 16.6. The third-order valence-electron chi connectivity index (χ3n) is 4.89. The van der Waals surface area contributed by atoms with Crippen LogP contribution in [0.5, 0.6) is 0 Å². The Hall–Kier alpha value is -1.21. The monoisotopic (exact) mass is 341 g/mol. The summed E-state index contributed by atoms with van der Waals surface area (Å²) in [4.78, 5) is 2.25. The first-order valence-corrected chi connectivity index (χ1v) is 9.97. The first-order valence-electron chi connectivity index (χ1n) is 8.15. The van der Waals surface area contributed by atoms with Crippen LogP contribution in [0.15, 0.2) is 18.5 Å². The molecule has 3 rings (SSSR count). The van der Waals surface area contributed by atoms with E-state index in [4.69, 9.17) is 0 Å². The van der Waals surface area contributed by atoms with Gasteiger partial charge in [0.2, 0.25) is 0 Å². The van der Waals surface area contributed by atoms with Gasteiger partial charge in [-0.25, -0.2) is 8.42 Å². The highest BCUT2D eigenvalue weighted by atomic mass is 32.2. The predicted octanol–water partition coefficient (Wildman–Crippen LogP) is 1.87. The van der Waals surface area contributed by atoms with E-state index >= 15 is 0 Å². The van der Waals surface area contributed by atoms with Gasteiger partial charge in [0.1, 0.15) is 0 Å². The summed E-state index contributed by atoms with van der Waals surface area (Å²) in [6, 6.07) is 0. The van der Waals surface area contributed by atoms with Crippen molar-refractivity contribution in [2.75, 3.05) is 37.8 Å². The third kappa shape index (κ3) is 3.66. The maximum absolute atomic E-state index is 12.2. The van der Waals surface area contributed by atoms with E-state index in [1.165, 1.54) is 5.57 Å². The molecule has 0 aliphatic carbocycles. The van der Waals surface area contributed by atoms with Crippen molar-refractivity contribution in [2.24, 2.45) is 0 Å². The fourth-order valence-corrected chi connectivity index (χ4v) is 5.54. The van der Waals surface area contributed by atoms with Gasteiger partial charge in [0.15, 0.2) is 9.84 Å². The van der Waals surface area contributed by atoms with Crippen LogP contribution < -0.4 is 0 Å². The molecule has 1 aromatic heterocycles. The lowest BCUT2D eigenvalue weighted by Gasteiger charge is -2.25. The van der Waals surface area contributed by atoms with E-state index in [-0.39, 0.29) is 18.2 Å². The Balaban J connectivity index is 1.70. The Labute approximate surface area is 137 Å². The van der Waals surface area contributed by atoms with Crippen molar-refractivity contribution >= 4 is 15.4 Å². The molecule has 0 amide bonds. The molecule has 7 heteroatoms. The zero-order chi connectivity index (χ0) is 16.5. The van der Waals surface area contributed by atoms with Gasteiger partial charge in [-0.15, -0.1) is 0 Å². The summed E-state index contributed by atoms with van der Waals surface area (Å²) in [6.07, 6.45) is 8.12. The lowest BCUT2D eigenvalue weighted by Crippen LogP contribution is -2.31. The summed E-state index contributed by atoms with van der Waals surface area (Å²) in [5.74, 6) is 0.405. The van der Waals surface area contributed by atoms with Gasteiger partial charge in [0.25, 0.3) is 0 Å². The molecule has 0 radical (unpaired) electrons. The maximum Gasteiger partial charge on any atom is 0.152 e. The van der Waals surface area contributed by atoms with E-state index in [0.29, 0.717) is 12.8 Å². The van der Waals surface area contributed by atoms with Crippen LogP contribution >= 0.6 is 0 Å². The Kier molecular flexibility index (Phi) is 4.60. The number of halogens is 1. The van der Waals surface area contributed by atoms with Gasteiger partial charge in [0, 0.05) is 31.4 Å². The molecule has 0 aromatic carbocycles. The molecule has 3 heterocycles. The highest BCUT2D eigenvalue weighted by molar-refractivity contribution is 7.91. The number of nitrogens with zero attached hydrogens (tertiary/aromatic N) is 3. The van der Waals surface area contributed by atoms with Gasteiger partial charge >= 0.3 is 0 Å². The van der Waals surface area contributed by atoms with Crippen molar-refractivity contribution in [1.82, 2.24) is 14.7 Å². The third-order valence-corrected chi connectivity index (χ3v) is 6.78. The molecule has 0 spiro atoms. The lowest BCUT2D eigenvalue weighted by atomic mass is 10.0.